The van der Waals surface area contributed by atoms with Gasteiger partial charge in [0.2, 0.25) is 0 Å². The van der Waals surface area contributed by atoms with Crippen molar-refractivity contribution >= 4 is 11.4 Å². The van der Waals surface area contributed by atoms with E-state index in [4.69, 9.17) is 10.5 Å². The van der Waals surface area contributed by atoms with Crippen molar-refractivity contribution in [2.75, 3.05) is 37.4 Å². The fourth-order valence-electron chi connectivity index (χ4n) is 2.60. The van der Waals surface area contributed by atoms with Crippen molar-refractivity contribution in [1.29, 1.82) is 0 Å². The second-order valence-electron chi connectivity index (χ2n) is 5.16. The number of halogens is 3. The number of ether oxygens (including phenoxy) is 1. The second-order valence-corrected chi connectivity index (χ2v) is 5.16. The normalized spacial score (nSPS) is 17.5. The molecule has 0 radical (unpaired) electrons. The van der Waals surface area contributed by atoms with Gasteiger partial charge in [-0.25, -0.2) is 0 Å². The average Bonchev–Trinajstić information content (AvgIpc) is 2.39. The van der Waals surface area contributed by atoms with Crippen LogP contribution in [0.5, 0.6) is 0 Å². The molecule has 0 aromatic heterocycles. The summed E-state index contributed by atoms with van der Waals surface area (Å²) in [5.41, 5.74) is 5.95. The molecule has 1 fully saturated rings. The highest BCUT2D eigenvalue weighted by atomic mass is 19.4. The van der Waals surface area contributed by atoms with Crippen LogP contribution in [0.25, 0.3) is 0 Å². The van der Waals surface area contributed by atoms with Crippen molar-refractivity contribution < 1.29 is 17.9 Å². The summed E-state index contributed by atoms with van der Waals surface area (Å²) < 4.78 is 42.9. The SMILES string of the molecule is COCC1CCN(c2ccc(C(F)(F)F)cc2N)CC1. The molecule has 0 aliphatic carbocycles. The predicted molar refractivity (Wildman–Crippen MR) is 72.7 cm³/mol. The number of nitrogens with two attached hydrogens (primary N) is 1. The van der Waals surface area contributed by atoms with Gasteiger partial charge in [0.05, 0.1) is 16.9 Å². The van der Waals surface area contributed by atoms with Gasteiger partial charge in [-0.15, -0.1) is 0 Å². The molecule has 0 unspecified atom stereocenters. The number of hydrogen-bond acceptors (Lipinski definition) is 3. The Morgan fingerprint density at radius 2 is 1.95 bits per heavy atom. The van der Waals surface area contributed by atoms with Gasteiger partial charge in [0, 0.05) is 26.8 Å². The molecule has 20 heavy (non-hydrogen) atoms. The van der Waals surface area contributed by atoms with Crippen LogP contribution >= 0.6 is 0 Å². The molecular formula is C14H19F3N2O. The zero-order valence-corrected chi connectivity index (χ0v) is 11.4. The molecule has 1 saturated heterocycles. The zero-order chi connectivity index (χ0) is 14.8. The van der Waals surface area contributed by atoms with Crippen molar-refractivity contribution in [2.24, 2.45) is 5.92 Å². The number of benzene rings is 1. The molecule has 1 heterocycles. The lowest BCUT2D eigenvalue weighted by Crippen LogP contribution is -2.35. The molecule has 0 bridgehead atoms. The molecule has 3 nitrogen and oxygen atoms in total. The lowest BCUT2D eigenvalue weighted by atomic mass is 9.97. The smallest absolute Gasteiger partial charge is 0.397 e. The van der Waals surface area contributed by atoms with Gasteiger partial charge in [-0.2, -0.15) is 13.2 Å². The Bertz CT molecular complexity index is 454. The standard InChI is InChI=1S/C14H19F3N2O/c1-20-9-10-4-6-19(7-5-10)13-3-2-11(8-12(13)18)14(15,16)17/h2-3,8,10H,4-7,9,18H2,1H3. The van der Waals surface area contributed by atoms with Crippen molar-refractivity contribution in [1.82, 2.24) is 0 Å². The van der Waals surface area contributed by atoms with Crippen molar-refractivity contribution in [3.05, 3.63) is 23.8 Å². The van der Waals surface area contributed by atoms with Gasteiger partial charge in [0.15, 0.2) is 0 Å². The molecule has 1 aromatic carbocycles. The van der Waals surface area contributed by atoms with Crippen LogP contribution in [0, 0.1) is 5.92 Å². The molecule has 1 aliphatic rings. The largest absolute Gasteiger partial charge is 0.416 e. The fourth-order valence-corrected chi connectivity index (χ4v) is 2.60. The van der Waals surface area contributed by atoms with Crippen LogP contribution in [0.15, 0.2) is 18.2 Å². The summed E-state index contributed by atoms with van der Waals surface area (Å²) in [6.45, 7) is 2.32. The summed E-state index contributed by atoms with van der Waals surface area (Å²) >= 11 is 0. The summed E-state index contributed by atoms with van der Waals surface area (Å²) in [6, 6.07) is 3.57. The predicted octanol–water partition coefficient (Wildman–Crippen LogP) is 3.15. The van der Waals surface area contributed by atoms with E-state index in [1.54, 1.807) is 7.11 Å². The third-order valence-electron chi connectivity index (χ3n) is 3.71. The van der Waals surface area contributed by atoms with Crippen LogP contribution in [-0.2, 0) is 10.9 Å². The van der Waals surface area contributed by atoms with E-state index in [1.165, 1.54) is 6.07 Å². The van der Waals surface area contributed by atoms with Crippen LogP contribution in [0.2, 0.25) is 0 Å². The maximum Gasteiger partial charge on any atom is 0.416 e. The van der Waals surface area contributed by atoms with Crippen LogP contribution < -0.4 is 10.6 Å². The summed E-state index contributed by atoms with van der Waals surface area (Å²) in [7, 11) is 1.68. The van der Waals surface area contributed by atoms with E-state index < -0.39 is 11.7 Å². The van der Waals surface area contributed by atoms with E-state index in [0.29, 0.717) is 11.6 Å². The monoisotopic (exact) mass is 288 g/mol. The molecule has 0 amide bonds. The number of hydrogen-bond donors (Lipinski definition) is 1. The van der Waals surface area contributed by atoms with E-state index in [0.717, 1.165) is 44.7 Å². The van der Waals surface area contributed by atoms with E-state index >= 15 is 0 Å². The van der Waals surface area contributed by atoms with E-state index in [2.05, 4.69) is 0 Å². The van der Waals surface area contributed by atoms with Crippen molar-refractivity contribution in [3.63, 3.8) is 0 Å². The number of anilines is 2. The summed E-state index contributed by atoms with van der Waals surface area (Å²) in [5.74, 6) is 0.520. The number of rotatable bonds is 3. The van der Waals surface area contributed by atoms with E-state index in [1.807, 2.05) is 4.90 Å². The van der Waals surface area contributed by atoms with Crippen LogP contribution in [-0.4, -0.2) is 26.8 Å². The highest BCUT2D eigenvalue weighted by Gasteiger charge is 2.31. The third kappa shape index (κ3) is 3.36. The van der Waals surface area contributed by atoms with Crippen LogP contribution in [0.4, 0.5) is 24.5 Å². The molecule has 2 rings (SSSR count). The minimum absolute atomic E-state index is 0.185. The van der Waals surface area contributed by atoms with E-state index in [-0.39, 0.29) is 5.69 Å². The first-order chi connectivity index (χ1) is 9.41. The van der Waals surface area contributed by atoms with Gasteiger partial charge in [-0.3, -0.25) is 0 Å². The maximum atomic E-state index is 12.6. The highest BCUT2D eigenvalue weighted by Crippen LogP contribution is 2.35. The van der Waals surface area contributed by atoms with Gasteiger partial charge in [0.1, 0.15) is 0 Å². The fraction of sp³-hybridized carbons (Fsp3) is 0.571. The van der Waals surface area contributed by atoms with E-state index in [9.17, 15) is 13.2 Å². The minimum Gasteiger partial charge on any atom is -0.397 e. The first kappa shape index (κ1) is 15.0. The number of nitrogens with zero attached hydrogens (tertiary/aromatic N) is 1. The topological polar surface area (TPSA) is 38.5 Å². The molecule has 0 spiro atoms. The maximum absolute atomic E-state index is 12.6. The third-order valence-corrected chi connectivity index (χ3v) is 3.71. The first-order valence-corrected chi connectivity index (χ1v) is 6.62. The molecule has 1 aromatic rings. The van der Waals surface area contributed by atoms with Crippen molar-refractivity contribution in [2.45, 2.75) is 19.0 Å². The number of methoxy groups -OCH3 is 1. The number of alkyl halides is 3. The second kappa shape index (κ2) is 5.91. The van der Waals surface area contributed by atoms with Crippen LogP contribution in [0.1, 0.15) is 18.4 Å². The number of piperidine rings is 1. The average molecular weight is 288 g/mol. The minimum atomic E-state index is -4.35. The Hall–Kier alpha value is -1.43. The Kier molecular flexibility index (Phi) is 4.42. The Morgan fingerprint density at radius 1 is 1.30 bits per heavy atom. The highest BCUT2D eigenvalue weighted by molar-refractivity contribution is 5.68. The van der Waals surface area contributed by atoms with Crippen molar-refractivity contribution in [3.8, 4) is 0 Å². The summed E-state index contributed by atoms with van der Waals surface area (Å²) in [4.78, 5) is 2.04. The molecule has 0 saturated carbocycles. The zero-order valence-electron chi connectivity index (χ0n) is 11.4. The van der Waals surface area contributed by atoms with Gasteiger partial charge >= 0.3 is 6.18 Å². The summed E-state index contributed by atoms with van der Waals surface area (Å²) in [5, 5.41) is 0. The van der Waals surface area contributed by atoms with Gasteiger partial charge in [-0.05, 0) is 37.0 Å². The molecule has 2 N–H and O–H groups in total. The van der Waals surface area contributed by atoms with Gasteiger partial charge < -0.3 is 15.4 Å². The molecule has 112 valence electrons. The number of nitrogen functional groups attached to an aromatic ring is 1. The van der Waals surface area contributed by atoms with Crippen LogP contribution in [0.3, 0.4) is 0 Å². The Balaban J connectivity index is 2.07. The molecule has 0 atom stereocenters. The quantitative estimate of drug-likeness (QED) is 0.868. The molecule has 1 aliphatic heterocycles. The molecular weight excluding hydrogens is 269 g/mol. The Labute approximate surface area is 116 Å². The molecule has 6 heteroatoms. The summed E-state index contributed by atoms with van der Waals surface area (Å²) in [6.07, 6.45) is -2.42. The lowest BCUT2D eigenvalue weighted by Gasteiger charge is -2.34. The lowest BCUT2D eigenvalue weighted by molar-refractivity contribution is -0.137. The van der Waals surface area contributed by atoms with Gasteiger partial charge in [-0.1, -0.05) is 0 Å². The Morgan fingerprint density at radius 3 is 2.45 bits per heavy atom. The van der Waals surface area contributed by atoms with Gasteiger partial charge in [0.25, 0.3) is 0 Å². The first-order valence-electron chi connectivity index (χ1n) is 6.62.